The molecule has 2 aliphatic rings. The number of hydrogen-bond acceptors (Lipinski definition) is 5. The summed E-state index contributed by atoms with van der Waals surface area (Å²) in [5.41, 5.74) is 2.46. The Morgan fingerprint density at radius 1 is 0.972 bits per heavy atom. The van der Waals surface area contributed by atoms with E-state index in [9.17, 15) is 13.6 Å². The Balaban J connectivity index is 1.20. The highest BCUT2D eigenvalue weighted by molar-refractivity contribution is 5.82. The maximum Gasteiger partial charge on any atom is 0.237 e. The van der Waals surface area contributed by atoms with Gasteiger partial charge in [0.05, 0.1) is 6.04 Å². The van der Waals surface area contributed by atoms with E-state index in [0.717, 1.165) is 34.8 Å². The minimum Gasteiger partial charge on any atom is -0.454 e. The van der Waals surface area contributed by atoms with Crippen LogP contribution in [0.1, 0.15) is 23.1 Å². The second-order valence-electron chi connectivity index (χ2n) is 9.21. The van der Waals surface area contributed by atoms with Crippen LogP contribution >= 0.6 is 0 Å². The lowest BCUT2D eigenvalue weighted by Crippen LogP contribution is -2.43. The van der Waals surface area contributed by atoms with Crippen molar-refractivity contribution >= 4 is 5.91 Å². The number of carbonyl (C=O) groups is 1. The third-order valence-electron chi connectivity index (χ3n) is 6.67. The summed E-state index contributed by atoms with van der Waals surface area (Å²) in [6, 6.07) is 18.9. The van der Waals surface area contributed by atoms with Gasteiger partial charge in [-0.25, -0.2) is 8.78 Å². The minimum absolute atomic E-state index is 0.0269. The molecule has 0 saturated carbocycles. The Morgan fingerprint density at radius 2 is 1.81 bits per heavy atom. The topological polar surface area (TPSA) is 62.8 Å². The number of ether oxygens (including phenoxy) is 2. The zero-order chi connectivity index (χ0) is 24.9. The van der Waals surface area contributed by atoms with Crippen LogP contribution in [0.5, 0.6) is 11.5 Å². The first-order chi connectivity index (χ1) is 17.5. The van der Waals surface area contributed by atoms with Gasteiger partial charge in [0, 0.05) is 37.8 Å². The molecule has 1 fully saturated rings. The molecule has 0 aromatic heterocycles. The highest BCUT2D eigenvalue weighted by atomic mass is 19.1. The monoisotopic (exact) mass is 493 g/mol. The third kappa shape index (κ3) is 5.83. The van der Waals surface area contributed by atoms with Crippen molar-refractivity contribution in [2.75, 3.05) is 19.9 Å². The molecule has 2 heterocycles. The van der Waals surface area contributed by atoms with Crippen LogP contribution < -0.4 is 20.1 Å². The summed E-state index contributed by atoms with van der Waals surface area (Å²) in [5.74, 6) is 0.521. The molecule has 1 amide bonds. The predicted molar refractivity (Wildman–Crippen MR) is 132 cm³/mol. The Bertz CT molecular complexity index is 1210. The van der Waals surface area contributed by atoms with Crippen molar-refractivity contribution in [3.63, 3.8) is 0 Å². The molecule has 2 N–H and O–H groups in total. The van der Waals surface area contributed by atoms with Crippen LogP contribution in [0.25, 0.3) is 0 Å². The molecular formula is C28H29F2N3O3. The molecule has 5 rings (SSSR count). The van der Waals surface area contributed by atoms with E-state index in [1.165, 1.54) is 6.07 Å². The van der Waals surface area contributed by atoms with Crippen LogP contribution in [0.15, 0.2) is 66.7 Å². The molecule has 0 unspecified atom stereocenters. The van der Waals surface area contributed by atoms with Crippen LogP contribution in [0.2, 0.25) is 0 Å². The summed E-state index contributed by atoms with van der Waals surface area (Å²) in [7, 11) is 0. The molecule has 3 aromatic rings. The molecule has 2 atom stereocenters. The highest BCUT2D eigenvalue weighted by Crippen LogP contribution is 2.32. The summed E-state index contributed by atoms with van der Waals surface area (Å²) in [6.07, 6.45) is 1.26. The largest absolute Gasteiger partial charge is 0.454 e. The standard InChI is InChI=1S/C28H29F2N3O3/c29-22-7-8-24(30)21(13-22)15-32-23-14-25(33(17-23)16-20-4-2-1-3-5-20)28(34)31-11-10-19-6-9-26-27(12-19)36-18-35-26/h1-9,12-13,23,25,32H,10-11,14-18H2,(H,31,34)/t23-,25+/m1/s1. The molecule has 6 nitrogen and oxygen atoms in total. The summed E-state index contributed by atoms with van der Waals surface area (Å²) in [6.45, 7) is 2.20. The van der Waals surface area contributed by atoms with E-state index in [1.54, 1.807) is 0 Å². The van der Waals surface area contributed by atoms with Crippen molar-refractivity contribution in [1.82, 2.24) is 15.5 Å². The molecule has 1 saturated heterocycles. The van der Waals surface area contributed by atoms with Crippen molar-refractivity contribution in [3.8, 4) is 11.5 Å². The van der Waals surface area contributed by atoms with Crippen LogP contribution in [0, 0.1) is 11.6 Å². The van der Waals surface area contributed by atoms with Gasteiger partial charge in [-0.05, 0) is 54.3 Å². The second kappa shape index (κ2) is 11.1. The molecule has 0 aliphatic carbocycles. The quantitative estimate of drug-likeness (QED) is 0.475. The predicted octanol–water partition coefficient (Wildman–Crippen LogP) is 3.79. The number of rotatable bonds is 9. The van der Waals surface area contributed by atoms with Crippen LogP contribution in [-0.4, -0.2) is 42.8 Å². The normalized spacial score (nSPS) is 18.9. The van der Waals surface area contributed by atoms with E-state index >= 15 is 0 Å². The Hall–Kier alpha value is -3.49. The molecular weight excluding hydrogens is 464 g/mol. The van der Waals surface area contributed by atoms with E-state index in [1.807, 2.05) is 48.5 Å². The van der Waals surface area contributed by atoms with E-state index in [4.69, 9.17) is 9.47 Å². The maximum atomic E-state index is 14.1. The first-order valence-corrected chi connectivity index (χ1v) is 12.2. The van der Waals surface area contributed by atoms with Crippen molar-refractivity contribution in [2.24, 2.45) is 0 Å². The molecule has 0 bridgehead atoms. The first kappa shape index (κ1) is 24.2. The number of amides is 1. The van der Waals surface area contributed by atoms with Gasteiger partial charge >= 0.3 is 0 Å². The number of fused-ring (bicyclic) bond motifs is 1. The van der Waals surface area contributed by atoms with E-state index in [0.29, 0.717) is 32.5 Å². The van der Waals surface area contributed by atoms with Crippen molar-refractivity contribution in [2.45, 2.75) is 38.0 Å². The average Bonchev–Trinajstić information content (AvgIpc) is 3.52. The maximum absolute atomic E-state index is 14.1. The SMILES string of the molecule is O=C(NCCc1ccc2c(c1)OCO2)[C@@H]1C[C@@H](NCc2cc(F)ccc2F)CN1Cc1ccccc1. The molecule has 0 spiro atoms. The number of benzene rings is 3. The number of hydrogen-bond donors (Lipinski definition) is 2. The van der Waals surface area contributed by atoms with E-state index in [-0.39, 0.29) is 36.9 Å². The van der Waals surface area contributed by atoms with Gasteiger partial charge in [0.1, 0.15) is 11.6 Å². The summed E-state index contributed by atoms with van der Waals surface area (Å²) in [5, 5.41) is 6.40. The van der Waals surface area contributed by atoms with Gasteiger partial charge in [-0.2, -0.15) is 0 Å². The smallest absolute Gasteiger partial charge is 0.237 e. The van der Waals surface area contributed by atoms with Gasteiger partial charge in [0.15, 0.2) is 11.5 Å². The van der Waals surface area contributed by atoms with Crippen LogP contribution in [0.4, 0.5) is 8.78 Å². The van der Waals surface area contributed by atoms with Gasteiger partial charge in [0.2, 0.25) is 12.7 Å². The van der Waals surface area contributed by atoms with Gasteiger partial charge in [-0.3, -0.25) is 9.69 Å². The van der Waals surface area contributed by atoms with Gasteiger partial charge in [0.25, 0.3) is 0 Å². The number of likely N-dealkylation sites (tertiary alicyclic amines) is 1. The van der Waals surface area contributed by atoms with Crippen LogP contribution in [-0.2, 0) is 24.3 Å². The third-order valence-corrected chi connectivity index (χ3v) is 6.67. The lowest BCUT2D eigenvalue weighted by atomic mass is 10.1. The highest BCUT2D eigenvalue weighted by Gasteiger charge is 2.36. The van der Waals surface area contributed by atoms with Crippen molar-refractivity contribution in [3.05, 3.63) is 95.1 Å². The molecule has 36 heavy (non-hydrogen) atoms. The lowest BCUT2D eigenvalue weighted by molar-refractivity contribution is -0.125. The van der Waals surface area contributed by atoms with E-state index < -0.39 is 11.6 Å². The zero-order valence-electron chi connectivity index (χ0n) is 19.9. The summed E-state index contributed by atoms with van der Waals surface area (Å²) < 4.78 is 38.4. The van der Waals surface area contributed by atoms with Crippen molar-refractivity contribution < 1.29 is 23.0 Å². The molecule has 8 heteroatoms. The Morgan fingerprint density at radius 3 is 2.67 bits per heavy atom. The lowest BCUT2D eigenvalue weighted by Gasteiger charge is -2.23. The Labute approximate surface area is 209 Å². The van der Waals surface area contributed by atoms with Crippen molar-refractivity contribution in [1.29, 1.82) is 0 Å². The number of nitrogens with one attached hydrogen (secondary N) is 2. The van der Waals surface area contributed by atoms with Gasteiger partial charge in [-0.15, -0.1) is 0 Å². The first-order valence-electron chi connectivity index (χ1n) is 12.2. The fourth-order valence-corrected chi connectivity index (χ4v) is 4.79. The number of halogens is 2. The molecule has 188 valence electrons. The summed E-state index contributed by atoms with van der Waals surface area (Å²) >= 11 is 0. The molecule has 3 aromatic carbocycles. The molecule has 0 radical (unpaired) electrons. The minimum atomic E-state index is -0.468. The van der Waals surface area contributed by atoms with Gasteiger partial charge < -0.3 is 20.1 Å². The summed E-state index contributed by atoms with van der Waals surface area (Å²) in [4.78, 5) is 15.4. The zero-order valence-corrected chi connectivity index (χ0v) is 19.9. The average molecular weight is 494 g/mol. The molecule has 2 aliphatic heterocycles. The second-order valence-corrected chi connectivity index (χ2v) is 9.21. The fourth-order valence-electron chi connectivity index (χ4n) is 4.79. The fraction of sp³-hybridized carbons (Fsp3) is 0.321. The van der Waals surface area contributed by atoms with E-state index in [2.05, 4.69) is 15.5 Å². The van der Waals surface area contributed by atoms with Crippen LogP contribution in [0.3, 0.4) is 0 Å². The van der Waals surface area contributed by atoms with Gasteiger partial charge in [-0.1, -0.05) is 36.4 Å². The Kier molecular flexibility index (Phi) is 7.44. The number of nitrogens with zero attached hydrogens (tertiary/aromatic N) is 1. The number of carbonyl (C=O) groups excluding carboxylic acids is 1.